The standard InChI is InChI=1S/C12H14N2O/c13-7-1-3-11-9(5-7)10-6-8(15)2-4-12(10)14-11/h2,4,6-7,14-15H,1,3,5,13H2/t7-/m1/s1. The second kappa shape index (κ2) is 3.00. The van der Waals surface area contributed by atoms with E-state index in [9.17, 15) is 5.11 Å². The molecule has 4 N–H and O–H groups in total. The molecule has 15 heavy (non-hydrogen) atoms. The average molecular weight is 202 g/mol. The third-order valence-corrected chi connectivity index (χ3v) is 3.21. The van der Waals surface area contributed by atoms with Crippen LogP contribution in [0, 0.1) is 0 Å². The van der Waals surface area contributed by atoms with Crippen LogP contribution in [-0.4, -0.2) is 16.1 Å². The van der Waals surface area contributed by atoms with E-state index in [2.05, 4.69) is 4.98 Å². The number of aryl methyl sites for hydroxylation is 1. The molecule has 0 amide bonds. The number of rotatable bonds is 0. The van der Waals surface area contributed by atoms with E-state index in [1.807, 2.05) is 12.1 Å². The van der Waals surface area contributed by atoms with Crippen LogP contribution in [0.25, 0.3) is 10.9 Å². The molecule has 0 radical (unpaired) electrons. The molecule has 0 aliphatic heterocycles. The maximum absolute atomic E-state index is 9.47. The maximum atomic E-state index is 9.47. The summed E-state index contributed by atoms with van der Waals surface area (Å²) in [6, 6.07) is 5.72. The first-order valence-corrected chi connectivity index (χ1v) is 5.32. The fourth-order valence-electron chi connectivity index (χ4n) is 2.43. The number of benzene rings is 1. The van der Waals surface area contributed by atoms with Crippen molar-refractivity contribution in [2.45, 2.75) is 25.3 Å². The van der Waals surface area contributed by atoms with Crippen LogP contribution in [0.5, 0.6) is 5.75 Å². The minimum Gasteiger partial charge on any atom is -0.508 e. The summed E-state index contributed by atoms with van der Waals surface area (Å²) in [4.78, 5) is 3.40. The van der Waals surface area contributed by atoms with Crippen molar-refractivity contribution in [3.05, 3.63) is 29.5 Å². The zero-order valence-electron chi connectivity index (χ0n) is 8.46. The number of hydrogen-bond acceptors (Lipinski definition) is 2. The van der Waals surface area contributed by atoms with Gasteiger partial charge in [0.15, 0.2) is 0 Å². The van der Waals surface area contributed by atoms with E-state index >= 15 is 0 Å². The summed E-state index contributed by atoms with van der Waals surface area (Å²) in [7, 11) is 0. The number of H-pyrrole nitrogens is 1. The quantitative estimate of drug-likeness (QED) is 0.608. The lowest BCUT2D eigenvalue weighted by atomic mass is 9.92. The minimum absolute atomic E-state index is 0.263. The number of aromatic hydroxyl groups is 1. The van der Waals surface area contributed by atoms with Crippen LogP contribution >= 0.6 is 0 Å². The Bertz CT molecular complexity index is 516. The number of phenols is 1. The summed E-state index contributed by atoms with van der Waals surface area (Å²) in [5.41, 5.74) is 9.65. The Morgan fingerprint density at radius 3 is 3.13 bits per heavy atom. The summed E-state index contributed by atoms with van der Waals surface area (Å²) in [5.74, 6) is 0.323. The first-order valence-electron chi connectivity index (χ1n) is 5.32. The van der Waals surface area contributed by atoms with Gasteiger partial charge in [-0.3, -0.25) is 0 Å². The van der Waals surface area contributed by atoms with Crippen molar-refractivity contribution in [3.8, 4) is 5.75 Å². The third-order valence-electron chi connectivity index (χ3n) is 3.21. The molecule has 3 nitrogen and oxygen atoms in total. The van der Waals surface area contributed by atoms with Gasteiger partial charge in [0.25, 0.3) is 0 Å². The van der Waals surface area contributed by atoms with Crippen LogP contribution in [0.4, 0.5) is 0 Å². The number of hydrogen-bond donors (Lipinski definition) is 3. The molecular weight excluding hydrogens is 188 g/mol. The molecule has 1 aliphatic rings. The summed E-state index contributed by atoms with van der Waals surface area (Å²) in [5, 5.41) is 10.6. The van der Waals surface area contributed by atoms with Gasteiger partial charge in [-0.05, 0) is 43.0 Å². The van der Waals surface area contributed by atoms with Gasteiger partial charge in [0, 0.05) is 22.6 Å². The molecule has 3 rings (SSSR count). The molecule has 0 unspecified atom stereocenters. The van der Waals surface area contributed by atoms with Crippen LogP contribution in [0.1, 0.15) is 17.7 Å². The largest absolute Gasteiger partial charge is 0.508 e. The molecule has 1 aromatic heterocycles. The first kappa shape index (κ1) is 8.80. The van der Waals surface area contributed by atoms with Gasteiger partial charge in [-0.15, -0.1) is 0 Å². The first-order chi connectivity index (χ1) is 7.24. The molecule has 0 saturated heterocycles. The lowest BCUT2D eigenvalue weighted by Crippen LogP contribution is -2.27. The van der Waals surface area contributed by atoms with E-state index in [0.29, 0.717) is 5.75 Å². The topological polar surface area (TPSA) is 62.0 Å². The van der Waals surface area contributed by atoms with E-state index in [1.165, 1.54) is 11.3 Å². The predicted octanol–water partition coefficient (Wildman–Crippen LogP) is 1.69. The van der Waals surface area contributed by atoms with Gasteiger partial charge in [0.1, 0.15) is 5.75 Å². The van der Waals surface area contributed by atoms with Crippen LogP contribution in [-0.2, 0) is 12.8 Å². The molecule has 78 valence electrons. The van der Waals surface area contributed by atoms with Gasteiger partial charge >= 0.3 is 0 Å². The number of aromatic nitrogens is 1. The van der Waals surface area contributed by atoms with Gasteiger partial charge < -0.3 is 15.8 Å². The van der Waals surface area contributed by atoms with Crippen molar-refractivity contribution in [2.24, 2.45) is 5.73 Å². The SMILES string of the molecule is N[C@@H]1CCc2[nH]c3ccc(O)cc3c2C1. The molecule has 1 aromatic carbocycles. The van der Waals surface area contributed by atoms with Crippen LogP contribution < -0.4 is 5.73 Å². The molecule has 0 bridgehead atoms. The zero-order chi connectivity index (χ0) is 10.4. The summed E-state index contributed by atoms with van der Waals surface area (Å²) < 4.78 is 0. The minimum atomic E-state index is 0.263. The van der Waals surface area contributed by atoms with Crippen molar-refractivity contribution in [1.82, 2.24) is 4.98 Å². The lowest BCUT2D eigenvalue weighted by Gasteiger charge is -2.18. The van der Waals surface area contributed by atoms with Crippen LogP contribution in [0.2, 0.25) is 0 Å². The maximum Gasteiger partial charge on any atom is 0.116 e. The van der Waals surface area contributed by atoms with E-state index in [1.54, 1.807) is 6.07 Å². The second-order valence-electron chi connectivity index (χ2n) is 4.31. The molecule has 1 atom stereocenters. The van der Waals surface area contributed by atoms with Crippen LogP contribution in [0.3, 0.4) is 0 Å². The van der Waals surface area contributed by atoms with Crippen molar-refractivity contribution >= 4 is 10.9 Å². The highest BCUT2D eigenvalue weighted by atomic mass is 16.3. The average Bonchev–Trinajstić information content (AvgIpc) is 2.56. The Morgan fingerprint density at radius 1 is 1.40 bits per heavy atom. The molecule has 1 aliphatic carbocycles. The van der Waals surface area contributed by atoms with Crippen molar-refractivity contribution < 1.29 is 5.11 Å². The molecule has 0 spiro atoms. The molecule has 2 aromatic rings. The highest BCUT2D eigenvalue weighted by molar-refractivity contribution is 5.86. The Balaban J connectivity index is 2.25. The molecule has 0 fully saturated rings. The molecule has 1 heterocycles. The molecule has 0 saturated carbocycles. The second-order valence-corrected chi connectivity index (χ2v) is 4.31. The fourth-order valence-corrected chi connectivity index (χ4v) is 2.43. The van der Waals surface area contributed by atoms with E-state index in [4.69, 9.17) is 5.73 Å². The van der Waals surface area contributed by atoms with Gasteiger partial charge in [-0.2, -0.15) is 0 Å². The monoisotopic (exact) mass is 202 g/mol. The van der Waals surface area contributed by atoms with Crippen LogP contribution in [0.15, 0.2) is 18.2 Å². The van der Waals surface area contributed by atoms with E-state index < -0.39 is 0 Å². The molecular formula is C12H14N2O. The summed E-state index contributed by atoms with van der Waals surface area (Å²) in [6.45, 7) is 0. The smallest absolute Gasteiger partial charge is 0.116 e. The number of phenolic OH excluding ortho intramolecular Hbond substituents is 1. The van der Waals surface area contributed by atoms with Crippen molar-refractivity contribution in [3.63, 3.8) is 0 Å². The zero-order valence-corrected chi connectivity index (χ0v) is 8.46. The van der Waals surface area contributed by atoms with Gasteiger partial charge in [0.2, 0.25) is 0 Å². The Labute approximate surface area is 87.9 Å². The summed E-state index contributed by atoms with van der Waals surface area (Å²) >= 11 is 0. The van der Waals surface area contributed by atoms with Gasteiger partial charge in [0.05, 0.1) is 0 Å². The van der Waals surface area contributed by atoms with E-state index in [0.717, 1.165) is 30.2 Å². The Kier molecular flexibility index (Phi) is 1.76. The Hall–Kier alpha value is -1.48. The van der Waals surface area contributed by atoms with Gasteiger partial charge in [-0.1, -0.05) is 0 Å². The third kappa shape index (κ3) is 1.31. The predicted molar refractivity (Wildman–Crippen MR) is 60.0 cm³/mol. The molecule has 3 heteroatoms. The Morgan fingerprint density at radius 2 is 2.27 bits per heavy atom. The number of nitrogens with one attached hydrogen (secondary N) is 1. The number of fused-ring (bicyclic) bond motifs is 3. The number of aromatic amines is 1. The number of nitrogens with two attached hydrogens (primary N) is 1. The highest BCUT2D eigenvalue weighted by Gasteiger charge is 2.19. The van der Waals surface area contributed by atoms with Crippen molar-refractivity contribution in [2.75, 3.05) is 0 Å². The normalized spacial score (nSPS) is 20.5. The lowest BCUT2D eigenvalue weighted by molar-refractivity contribution is 0.476. The van der Waals surface area contributed by atoms with E-state index in [-0.39, 0.29) is 6.04 Å². The highest BCUT2D eigenvalue weighted by Crippen LogP contribution is 2.30. The summed E-state index contributed by atoms with van der Waals surface area (Å²) in [6.07, 6.45) is 2.98. The van der Waals surface area contributed by atoms with Gasteiger partial charge in [-0.25, -0.2) is 0 Å². The van der Waals surface area contributed by atoms with Crippen molar-refractivity contribution in [1.29, 1.82) is 0 Å². The fraction of sp³-hybridized carbons (Fsp3) is 0.333.